The maximum atomic E-state index is 14.0. The summed E-state index contributed by atoms with van der Waals surface area (Å²) in [5.74, 6) is -0.500. The summed E-state index contributed by atoms with van der Waals surface area (Å²) in [5.41, 5.74) is 4.60. The van der Waals surface area contributed by atoms with Crippen molar-refractivity contribution < 1.29 is 14.4 Å². The standard InChI is InChI=1S/C39H27NO3/c41-37(28-16-4-1-5-17-28)31-22-10-13-25-34(31)40(35-26-14-11-23-32(35)38(42)29-18-6-2-7-19-29)36-27-15-12-24-33(36)39(43)30-20-8-3-9-21-30/h1-27H. The van der Waals surface area contributed by atoms with Crippen LogP contribution in [0.1, 0.15) is 47.8 Å². The number of rotatable bonds is 9. The number of carbonyl (C=O) groups excluding carboxylic acids is 3. The molecule has 6 aromatic carbocycles. The van der Waals surface area contributed by atoms with Crippen LogP contribution >= 0.6 is 0 Å². The summed E-state index contributed by atoms with van der Waals surface area (Å²) in [6, 6.07) is 49.2. The predicted octanol–water partition coefficient (Wildman–Crippen LogP) is 8.85. The van der Waals surface area contributed by atoms with E-state index in [9.17, 15) is 14.4 Å². The van der Waals surface area contributed by atoms with Gasteiger partial charge in [-0.05, 0) is 36.4 Å². The van der Waals surface area contributed by atoms with Gasteiger partial charge in [0.25, 0.3) is 0 Å². The minimum atomic E-state index is -0.167. The molecule has 0 saturated heterocycles. The van der Waals surface area contributed by atoms with Crippen molar-refractivity contribution >= 4 is 34.4 Å². The van der Waals surface area contributed by atoms with Gasteiger partial charge < -0.3 is 4.90 Å². The third kappa shape index (κ3) is 5.54. The summed E-state index contributed by atoms with van der Waals surface area (Å²) in [4.78, 5) is 43.7. The Labute approximate surface area is 250 Å². The second-order valence-electron chi connectivity index (χ2n) is 9.97. The molecule has 6 aromatic rings. The molecule has 0 amide bonds. The van der Waals surface area contributed by atoms with E-state index in [4.69, 9.17) is 0 Å². The van der Waals surface area contributed by atoms with Gasteiger partial charge in [0, 0.05) is 33.4 Å². The SMILES string of the molecule is O=C(c1ccccc1)c1ccccc1N(c1ccccc1C(=O)c1ccccc1)c1ccccc1C(=O)c1ccccc1. The first-order chi connectivity index (χ1) is 21.1. The highest BCUT2D eigenvalue weighted by Crippen LogP contribution is 2.41. The van der Waals surface area contributed by atoms with Crippen molar-refractivity contribution in [2.24, 2.45) is 0 Å². The van der Waals surface area contributed by atoms with Crippen LogP contribution in [0.2, 0.25) is 0 Å². The average Bonchev–Trinajstić information content (AvgIpc) is 3.09. The minimum Gasteiger partial charge on any atom is -0.308 e. The van der Waals surface area contributed by atoms with Gasteiger partial charge >= 0.3 is 0 Å². The second-order valence-corrected chi connectivity index (χ2v) is 9.97. The number of para-hydroxylation sites is 3. The molecular weight excluding hydrogens is 530 g/mol. The van der Waals surface area contributed by atoms with E-state index in [2.05, 4.69) is 0 Å². The molecule has 0 radical (unpaired) electrons. The molecule has 0 N–H and O–H groups in total. The fraction of sp³-hybridized carbons (Fsp3) is 0. The van der Waals surface area contributed by atoms with Crippen molar-refractivity contribution in [3.63, 3.8) is 0 Å². The highest BCUT2D eigenvalue weighted by atomic mass is 16.1. The van der Waals surface area contributed by atoms with Crippen LogP contribution < -0.4 is 4.90 Å². The molecule has 0 spiro atoms. The summed E-state index contributed by atoms with van der Waals surface area (Å²) in [6.07, 6.45) is 0. The predicted molar refractivity (Wildman–Crippen MR) is 171 cm³/mol. The van der Waals surface area contributed by atoms with Gasteiger partial charge in [0.2, 0.25) is 0 Å². The molecule has 0 saturated carbocycles. The zero-order chi connectivity index (χ0) is 29.6. The Kier molecular flexibility index (Phi) is 7.83. The molecule has 4 nitrogen and oxygen atoms in total. The number of nitrogens with zero attached hydrogens (tertiary/aromatic N) is 1. The zero-order valence-electron chi connectivity index (χ0n) is 23.3. The largest absolute Gasteiger partial charge is 0.308 e. The van der Waals surface area contributed by atoms with Crippen molar-refractivity contribution in [2.75, 3.05) is 4.90 Å². The van der Waals surface area contributed by atoms with Gasteiger partial charge in [-0.15, -0.1) is 0 Å². The van der Waals surface area contributed by atoms with E-state index in [0.717, 1.165) is 0 Å². The van der Waals surface area contributed by atoms with Crippen LogP contribution in [-0.4, -0.2) is 17.3 Å². The summed E-state index contributed by atoms with van der Waals surface area (Å²) in [5, 5.41) is 0. The lowest BCUT2D eigenvalue weighted by atomic mass is 9.95. The number of ketones is 3. The second kappa shape index (κ2) is 12.3. The molecule has 0 aromatic heterocycles. The normalized spacial score (nSPS) is 10.6. The van der Waals surface area contributed by atoms with E-state index in [0.29, 0.717) is 50.4 Å². The Morgan fingerprint density at radius 3 is 0.814 bits per heavy atom. The Morgan fingerprint density at radius 2 is 0.535 bits per heavy atom. The summed E-state index contributed by atoms with van der Waals surface area (Å²) < 4.78 is 0. The smallest absolute Gasteiger partial charge is 0.195 e. The Balaban J connectivity index is 1.61. The Hall–Kier alpha value is -5.87. The van der Waals surface area contributed by atoms with Gasteiger partial charge in [-0.1, -0.05) is 127 Å². The fourth-order valence-electron chi connectivity index (χ4n) is 5.21. The lowest BCUT2D eigenvalue weighted by Gasteiger charge is -2.30. The van der Waals surface area contributed by atoms with Gasteiger partial charge in [-0.2, -0.15) is 0 Å². The van der Waals surface area contributed by atoms with Crippen LogP contribution in [0.4, 0.5) is 17.1 Å². The summed E-state index contributed by atoms with van der Waals surface area (Å²) in [7, 11) is 0. The first-order valence-electron chi connectivity index (χ1n) is 14.0. The maximum absolute atomic E-state index is 14.0. The van der Waals surface area contributed by atoms with Gasteiger partial charge in [-0.3, -0.25) is 14.4 Å². The summed E-state index contributed by atoms with van der Waals surface area (Å²) >= 11 is 0. The van der Waals surface area contributed by atoms with E-state index < -0.39 is 0 Å². The van der Waals surface area contributed by atoms with Crippen LogP contribution in [0.3, 0.4) is 0 Å². The molecule has 0 bridgehead atoms. The van der Waals surface area contributed by atoms with Gasteiger partial charge in [0.05, 0.1) is 17.1 Å². The highest BCUT2D eigenvalue weighted by molar-refractivity contribution is 6.18. The van der Waals surface area contributed by atoms with Gasteiger partial charge in [-0.25, -0.2) is 0 Å². The fourth-order valence-corrected chi connectivity index (χ4v) is 5.21. The van der Waals surface area contributed by atoms with Crippen molar-refractivity contribution in [2.45, 2.75) is 0 Å². The van der Waals surface area contributed by atoms with Crippen molar-refractivity contribution in [3.8, 4) is 0 Å². The minimum absolute atomic E-state index is 0.167. The maximum Gasteiger partial charge on any atom is 0.195 e. The lowest BCUT2D eigenvalue weighted by molar-refractivity contribution is 0.103. The van der Waals surface area contributed by atoms with Crippen LogP contribution in [0.25, 0.3) is 0 Å². The molecule has 43 heavy (non-hydrogen) atoms. The molecule has 0 fully saturated rings. The van der Waals surface area contributed by atoms with Crippen LogP contribution in [0.15, 0.2) is 164 Å². The van der Waals surface area contributed by atoms with Crippen LogP contribution in [0, 0.1) is 0 Å². The highest BCUT2D eigenvalue weighted by Gasteiger charge is 2.27. The topological polar surface area (TPSA) is 54.5 Å². The molecule has 206 valence electrons. The van der Waals surface area contributed by atoms with Gasteiger partial charge in [0.1, 0.15) is 0 Å². The number of anilines is 3. The molecule has 4 heteroatoms. The third-order valence-electron chi connectivity index (χ3n) is 7.28. The molecule has 6 rings (SSSR count). The van der Waals surface area contributed by atoms with Crippen LogP contribution in [0.5, 0.6) is 0 Å². The van der Waals surface area contributed by atoms with E-state index >= 15 is 0 Å². The molecular formula is C39H27NO3. The van der Waals surface area contributed by atoms with E-state index in [1.165, 1.54) is 0 Å². The van der Waals surface area contributed by atoms with Gasteiger partial charge in [0.15, 0.2) is 17.3 Å². The Bertz CT molecular complexity index is 1690. The first-order valence-corrected chi connectivity index (χ1v) is 14.0. The van der Waals surface area contributed by atoms with Crippen LogP contribution in [-0.2, 0) is 0 Å². The summed E-state index contributed by atoms with van der Waals surface area (Å²) in [6.45, 7) is 0. The molecule has 0 aliphatic rings. The van der Waals surface area contributed by atoms with E-state index in [1.54, 1.807) is 54.6 Å². The molecule has 0 atom stereocenters. The molecule has 0 aliphatic heterocycles. The molecule has 0 heterocycles. The van der Waals surface area contributed by atoms with E-state index in [-0.39, 0.29) is 17.3 Å². The average molecular weight is 558 g/mol. The lowest BCUT2D eigenvalue weighted by Crippen LogP contribution is -2.20. The quantitative estimate of drug-likeness (QED) is 0.167. The molecule has 0 unspecified atom stereocenters. The Morgan fingerprint density at radius 1 is 0.302 bits per heavy atom. The number of hydrogen-bond acceptors (Lipinski definition) is 4. The number of hydrogen-bond donors (Lipinski definition) is 0. The first kappa shape index (κ1) is 27.3. The van der Waals surface area contributed by atoms with E-state index in [1.807, 2.05) is 114 Å². The number of benzene rings is 6. The van der Waals surface area contributed by atoms with Crippen molar-refractivity contribution in [1.29, 1.82) is 0 Å². The third-order valence-corrected chi connectivity index (χ3v) is 7.28. The van der Waals surface area contributed by atoms with Crippen molar-refractivity contribution in [3.05, 3.63) is 197 Å². The monoisotopic (exact) mass is 557 g/mol. The van der Waals surface area contributed by atoms with Crippen molar-refractivity contribution in [1.82, 2.24) is 0 Å². The molecule has 0 aliphatic carbocycles. The zero-order valence-corrected chi connectivity index (χ0v) is 23.3. The number of carbonyl (C=O) groups is 3.